The molecule has 0 aliphatic rings. The average molecular weight is 444 g/mol. The highest BCUT2D eigenvalue weighted by molar-refractivity contribution is 7.15. The molecule has 5 aromatic rings. The van der Waals surface area contributed by atoms with Crippen LogP contribution < -0.4 is 14.8 Å². The fourth-order valence-electron chi connectivity index (χ4n) is 3.32. The molecule has 0 saturated carbocycles. The van der Waals surface area contributed by atoms with Crippen LogP contribution in [0.2, 0.25) is 0 Å². The van der Waals surface area contributed by atoms with Gasteiger partial charge in [-0.2, -0.15) is 14.7 Å². The number of rotatable bonds is 6. The van der Waals surface area contributed by atoms with Gasteiger partial charge in [-0.1, -0.05) is 43.4 Å². The zero-order chi connectivity index (χ0) is 22.1. The number of ether oxygens (including phenoxy) is 1. The maximum absolute atomic E-state index is 12.7. The first kappa shape index (κ1) is 20.1. The summed E-state index contributed by atoms with van der Waals surface area (Å²) in [5.74, 6) is 1.28. The van der Waals surface area contributed by atoms with Gasteiger partial charge in [-0.15, -0.1) is 0 Å². The van der Waals surface area contributed by atoms with Crippen molar-refractivity contribution in [3.63, 3.8) is 0 Å². The molecule has 0 aliphatic carbocycles. The molecule has 0 spiro atoms. The second-order valence-electron chi connectivity index (χ2n) is 7.81. The third-order valence-electron chi connectivity index (χ3n) is 4.88. The highest BCUT2D eigenvalue weighted by Crippen LogP contribution is 2.26. The number of para-hydroxylation sites is 1. The molecule has 0 fully saturated rings. The second-order valence-corrected chi connectivity index (χ2v) is 8.82. The third kappa shape index (κ3) is 3.92. The summed E-state index contributed by atoms with van der Waals surface area (Å²) < 4.78 is 9.51. The number of hydrogen-bond donors (Lipinski definition) is 0. The van der Waals surface area contributed by atoms with E-state index in [2.05, 4.69) is 23.9 Å². The largest absolute Gasteiger partial charge is 0.493 e. The predicted molar refractivity (Wildman–Crippen MR) is 125 cm³/mol. The van der Waals surface area contributed by atoms with Crippen molar-refractivity contribution >= 4 is 22.4 Å². The van der Waals surface area contributed by atoms with Crippen LogP contribution in [-0.2, 0) is 0 Å². The molecule has 0 saturated heterocycles. The molecule has 2 aromatic carbocycles. The van der Waals surface area contributed by atoms with Crippen LogP contribution in [0.15, 0.2) is 71.9 Å². The Labute approximate surface area is 188 Å². The van der Waals surface area contributed by atoms with Gasteiger partial charge in [-0.05, 0) is 48.4 Å². The number of aromatic nitrogens is 5. The summed E-state index contributed by atoms with van der Waals surface area (Å²) in [6.07, 6.45) is 5.18. The van der Waals surface area contributed by atoms with E-state index in [0.29, 0.717) is 22.0 Å². The summed E-state index contributed by atoms with van der Waals surface area (Å²) in [6, 6.07) is 17.8. The van der Waals surface area contributed by atoms with Crippen molar-refractivity contribution < 1.29 is 4.74 Å². The minimum atomic E-state index is -0.182. The van der Waals surface area contributed by atoms with Gasteiger partial charge in [-0.25, -0.2) is 9.67 Å². The van der Waals surface area contributed by atoms with Crippen molar-refractivity contribution in [2.45, 2.75) is 13.8 Å². The topological polar surface area (TPSA) is 74.3 Å². The molecular formula is C24H21N5O2S. The minimum absolute atomic E-state index is 0.182. The van der Waals surface area contributed by atoms with E-state index in [1.165, 1.54) is 22.2 Å². The molecule has 0 unspecified atom stereocenters. The number of fused-ring (bicyclic) bond motifs is 1. The van der Waals surface area contributed by atoms with Crippen molar-refractivity contribution in [1.29, 1.82) is 0 Å². The zero-order valence-corrected chi connectivity index (χ0v) is 18.5. The number of hydrogen-bond acceptors (Lipinski definition) is 6. The molecular weight excluding hydrogens is 422 g/mol. The molecule has 0 bridgehead atoms. The standard InChI is InChI=1S/C24H21N5O2S/c1-16(2)14-31-20-10-8-17(9-11-20)22-18(13-28(27-22)19-6-4-3-5-7-19)12-21-23(30)29-24(32-21)25-15-26-29/h3-13,15-16H,14H2,1-2H3. The van der Waals surface area contributed by atoms with Gasteiger partial charge in [0.05, 0.1) is 16.8 Å². The van der Waals surface area contributed by atoms with E-state index < -0.39 is 0 Å². The Kier molecular flexibility index (Phi) is 5.28. The number of thiazole rings is 1. The van der Waals surface area contributed by atoms with E-state index in [9.17, 15) is 4.79 Å². The Bertz CT molecular complexity index is 1470. The Morgan fingerprint density at radius 1 is 1.09 bits per heavy atom. The normalized spacial score (nSPS) is 12.2. The molecule has 8 heteroatoms. The smallest absolute Gasteiger partial charge is 0.291 e. The molecule has 3 aromatic heterocycles. The average Bonchev–Trinajstić information content (AvgIpc) is 3.51. The van der Waals surface area contributed by atoms with E-state index in [1.807, 2.05) is 71.6 Å². The van der Waals surface area contributed by atoms with Crippen LogP contribution in [0.5, 0.6) is 5.75 Å². The third-order valence-corrected chi connectivity index (χ3v) is 5.86. The van der Waals surface area contributed by atoms with E-state index in [0.717, 1.165) is 28.3 Å². The minimum Gasteiger partial charge on any atom is -0.493 e. The lowest BCUT2D eigenvalue weighted by Crippen LogP contribution is -2.23. The highest BCUT2D eigenvalue weighted by Gasteiger charge is 2.13. The molecule has 7 nitrogen and oxygen atoms in total. The second kappa shape index (κ2) is 8.39. The molecule has 0 atom stereocenters. The van der Waals surface area contributed by atoms with Crippen molar-refractivity contribution in [3.05, 3.63) is 87.6 Å². The molecule has 0 amide bonds. The molecule has 32 heavy (non-hydrogen) atoms. The molecule has 3 heterocycles. The SMILES string of the molecule is CC(C)COc1ccc(-c2nn(-c3ccccc3)cc2C=c2sc3ncnn3c2=O)cc1. The van der Waals surface area contributed by atoms with Crippen LogP contribution >= 0.6 is 11.3 Å². The monoisotopic (exact) mass is 443 g/mol. The van der Waals surface area contributed by atoms with Gasteiger partial charge in [0, 0.05) is 17.3 Å². The van der Waals surface area contributed by atoms with Crippen molar-refractivity contribution in [1.82, 2.24) is 24.4 Å². The van der Waals surface area contributed by atoms with Crippen molar-refractivity contribution in [2.24, 2.45) is 5.92 Å². The number of benzene rings is 2. The molecule has 0 radical (unpaired) electrons. The summed E-state index contributed by atoms with van der Waals surface area (Å²) in [6.45, 7) is 4.91. The van der Waals surface area contributed by atoms with Gasteiger partial charge in [-0.3, -0.25) is 4.79 Å². The molecule has 5 rings (SSSR count). The molecule has 0 aliphatic heterocycles. The van der Waals surface area contributed by atoms with E-state index >= 15 is 0 Å². The Morgan fingerprint density at radius 3 is 2.59 bits per heavy atom. The summed E-state index contributed by atoms with van der Waals surface area (Å²) >= 11 is 1.31. The van der Waals surface area contributed by atoms with Crippen molar-refractivity contribution in [2.75, 3.05) is 6.61 Å². The summed E-state index contributed by atoms with van der Waals surface area (Å²) in [4.78, 5) is 17.4. The van der Waals surface area contributed by atoms with E-state index in [1.54, 1.807) is 0 Å². The quantitative estimate of drug-likeness (QED) is 0.401. The van der Waals surface area contributed by atoms with Crippen LogP contribution in [-0.4, -0.2) is 31.0 Å². The van der Waals surface area contributed by atoms with Crippen LogP contribution in [0.3, 0.4) is 0 Å². The van der Waals surface area contributed by atoms with Gasteiger partial charge in [0.15, 0.2) is 0 Å². The van der Waals surface area contributed by atoms with E-state index in [-0.39, 0.29) is 5.56 Å². The number of nitrogens with zero attached hydrogens (tertiary/aromatic N) is 5. The fourth-order valence-corrected chi connectivity index (χ4v) is 4.19. The zero-order valence-electron chi connectivity index (χ0n) is 17.7. The van der Waals surface area contributed by atoms with Crippen LogP contribution in [0.25, 0.3) is 28.0 Å². The van der Waals surface area contributed by atoms with Gasteiger partial charge in [0.2, 0.25) is 4.96 Å². The first-order valence-corrected chi connectivity index (χ1v) is 11.1. The van der Waals surface area contributed by atoms with Crippen molar-refractivity contribution in [3.8, 4) is 22.7 Å². The Morgan fingerprint density at radius 2 is 1.88 bits per heavy atom. The maximum Gasteiger partial charge on any atom is 0.291 e. The van der Waals surface area contributed by atoms with Gasteiger partial charge < -0.3 is 4.74 Å². The van der Waals surface area contributed by atoms with Crippen LogP contribution in [0, 0.1) is 5.92 Å². The molecule has 160 valence electrons. The summed E-state index contributed by atoms with van der Waals surface area (Å²) in [7, 11) is 0. The maximum atomic E-state index is 12.7. The lowest BCUT2D eigenvalue weighted by molar-refractivity contribution is 0.271. The van der Waals surface area contributed by atoms with Gasteiger partial charge >= 0.3 is 0 Å². The lowest BCUT2D eigenvalue weighted by Gasteiger charge is -2.09. The van der Waals surface area contributed by atoms with Crippen LogP contribution in [0.4, 0.5) is 0 Å². The van der Waals surface area contributed by atoms with Crippen LogP contribution in [0.1, 0.15) is 19.4 Å². The lowest BCUT2D eigenvalue weighted by atomic mass is 10.1. The van der Waals surface area contributed by atoms with E-state index in [4.69, 9.17) is 9.84 Å². The fraction of sp³-hybridized carbons (Fsp3) is 0.167. The molecule has 0 N–H and O–H groups in total. The first-order valence-electron chi connectivity index (χ1n) is 10.3. The van der Waals surface area contributed by atoms with Gasteiger partial charge in [0.1, 0.15) is 17.8 Å². The van der Waals surface area contributed by atoms with Gasteiger partial charge in [0.25, 0.3) is 5.56 Å². The Hall–Kier alpha value is -3.78. The predicted octanol–water partition coefficient (Wildman–Crippen LogP) is 3.59. The highest BCUT2D eigenvalue weighted by atomic mass is 32.1. The summed E-state index contributed by atoms with van der Waals surface area (Å²) in [5.41, 5.74) is 3.32. The Balaban J connectivity index is 1.60. The summed E-state index contributed by atoms with van der Waals surface area (Å²) in [5, 5.41) is 8.83. The first-order chi connectivity index (χ1) is 15.6.